The van der Waals surface area contributed by atoms with E-state index in [4.69, 9.17) is 11.6 Å². The molecule has 0 fully saturated rings. The third kappa shape index (κ3) is 5.05. The molecule has 14 heteroatoms. The van der Waals surface area contributed by atoms with E-state index in [1.165, 1.54) is 6.92 Å². The Morgan fingerprint density at radius 1 is 0.919 bits per heavy atom. The van der Waals surface area contributed by atoms with Gasteiger partial charge in [-0.1, -0.05) is 24.6 Å². The number of halogens is 7. The number of hydrogen-bond donors (Lipinski definition) is 0. The summed E-state index contributed by atoms with van der Waals surface area (Å²) in [7, 11) is -4.09. The fourth-order valence-electron chi connectivity index (χ4n) is 3.53. The first-order chi connectivity index (χ1) is 17.1. The lowest BCUT2D eigenvalue weighted by Crippen LogP contribution is -2.23. The van der Waals surface area contributed by atoms with Crippen LogP contribution in [0, 0.1) is 0 Å². The number of alkyl halides is 6. The predicted molar refractivity (Wildman–Crippen MR) is 123 cm³/mol. The van der Waals surface area contributed by atoms with Gasteiger partial charge in [0.1, 0.15) is 11.2 Å². The molecule has 0 atom stereocenters. The normalized spacial score (nSPS) is 12.8. The molecule has 4 rings (SSSR count). The highest BCUT2D eigenvalue weighted by atomic mass is 35.5. The Kier molecular flexibility index (Phi) is 6.57. The maximum absolute atomic E-state index is 13.2. The molecule has 0 saturated carbocycles. The molecule has 0 spiro atoms. The van der Waals surface area contributed by atoms with Crippen molar-refractivity contribution in [3.8, 4) is 16.9 Å². The Bertz CT molecular complexity index is 1700. The first-order valence-electron chi connectivity index (χ1n) is 10.3. The lowest BCUT2D eigenvalue weighted by atomic mass is 10.1. The van der Waals surface area contributed by atoms with Crippen LogP contribution < -0.4 is 5.56 Å². The van der Waals surface area contributed by atoms with Crippen LogP contribution in [0.15, 0.2) is 64.7 Å². The Hall–Kier alpha value is -3.45. The van der Waals surface area contributed by atoms with Crippen molar-refractivity contribution in [2.24, 2.45) is 0 Å². The highest BCUT2D eigenvalue weighted by Gasteiger charge is 2.33. The second kappa shape index (κ2) is 9.14. The number of pyridine rings is 1. The number of rotatable bonds is 4. The van der Waals surface area contributed by atoms with Gasteiger partial charge in [0.05, 0.1) is 32.8 Å². The Morgan fingerprint density at radius 3 is 2.22 bits per heavy atom. The topological polar surface area (TPSA) is 81.9 Å². The van der Waals surface area contributed by atoms with Crippen molar-refractivity contribution in [2.45, 2.75) is 24.2 Å². The Balaban J connectivity index is 1.94. The van der Waals surface area contributed by atoms with E-state index in [1.807, 2.05) is 0 Å². The molecule has 4 aromatic rings. The van der Waals surface area contributed by atoms with Crippen LogP contribution in [0.4, 0.5) is 26.3 Å². The molecule has 194 valence electrons. The average Bonchev–Trinajstić information content (AvgIpc) is 2.82. The van der Waals surface area contributed by atoms with Gasteiger partial charge in [-0.3, -0.25) is 4.79 Å². The van der Waals surface area contributed by atoms with Gasteiger partial charge in [-0.2, -0.15) is 26.3 Å². The SMILES string of the molecule is CCS(=O)(=O)c1cc(-c2ccc(C(F)(F)F)c(Cl)c2)cnc1-n1cnc2ccc(C(F)(F)F)cc2c1=O. The minimum atomic E-state index is -4.74. The lowest BCUT2D eigenvalue weighted by Gasteiger charge is -2.14. The summed E-state index contributed by atoms with van der Waals surface area (Å²) in [5.41, 5.74) is -3.04. The quantitative estimate of drug-likeness (QED) is 0.288. The van der Waals surface area contributed by atoms with Crippen molar-refractivity contribution < 1.29 is 34.8 Å². The molecule has 2 aromatic carbocycles. The highest BCUT2D eigenvalue weighted by molar-refractivity contribution is 7.91. The molecule has 0 aliphatic carbocycles. The van der Waals surface area contributed by atoms with Crippen LogP contribution in [-0.2, 0) is 22.2 Å². The summed E-state index contributed by atoms with van der Waals surface area (Å²) in [6, 6.07) is 6.28. The molecule has 0 bridgehead atoms. The number of nitrogens with zero attached hydrogens (tertiary/aromatic N) is 3. The third-order valence-corrected chi connectivity index (χ3v) is 7.51. The highest BCUT2D eigenvalue weighted by Crippen LogP contribution is 2.37. The molecule has 2 aromatic heterocycles. The van der Waals surface area contributed by atoms with Crippen molar-refractivity contribution in [1.29, 1.82) is 0 Å². The summed E-state index contributed by atoms with van der Waals surface area (Å²) in [5, 5.41) is -1.04. The molecule has 0 N–H and O–H groups in total. The van der Waals surface area contributed by atoms with Crippen LogP contribution in [-0.4, -0.2) is 28.7 Å². The van der Waals surface area contributed by atoms with Crippen LogP contribution >= 0.6 is 11.6 Å². The molecule has 0 aliphatic heterocycles. The van der Waals surface area contributed by atoms with Crippen molar-refractivity contribution in [3.63, 3.8) is 0 Å². The zero-order valence-corrected chi connectivity index (χ0v) is 20.1. The molecule has 0 saturated heterocycles. The standard InChI is InChI=1S/C23H14ClF6N3O3S/c1-2-37(35,36)19-8-13(12-3-5-16(17(24)7-12)23(28,29)30)10-31-20(19)33-11-32-18-6-4-14(22(25,26)27)9-15(18)21(33)34/h3-11H,2H2,1H3. The summed E-state index contributed by atoms with van der Waals surface area (Å²) >= 11 is 5.78. The maximum atomic E-state index is 13.2. The summed E-state index contributed by atoms with van der Waals surface area (Å²) in [5.74, 6) is -0.868. The van der Waals surface area contributed by atoms with Crippen LogP contribution in [0.5, 0.6) is 0 Å². The van der Waals surface area contributed by atoms with Crippen LogP contribution in [0.3, 0.4) is 0 Å². The number of fused-ring (bicyclic) bond motifs is 1. The van der Waals surface area contributed by atoms with E-state index in [-0.39, 0.29) is 16.6 Å². The van der Waals surface area contributed by atoms with E-state index in [9.17, 15) is 39.6 Å². The van der Waals surface area contributed by atoms with Crippen molar-refractivity contribution in [3.05, 3.63) is 81.5 Å². The number of sulfone groups is 1. The van der Waals surface area contributed by atoms with Gasteiger partial charge in [0, 0.05) is 11.8 Å². The number of benzene rings is 2. The minimum Gasteiger partial charge on any atom is -0.268 e. The van der Waals surface area contributed by atoms with Gasteiger partial charge in [-0.25, -0.2) is 23.0 Å². The Labute approximate surface area is 210 Å². The largest absolute Gasteiger partial charge is 0.417 e. The summed E-state index contributed by atoms with van der Waals surface area (Å²) in [6.45, 7) is 1.32. The van der Waals surface area contributed by atoms with E-state index in [1.54, 1.807) is 0 Å². The fourth-order valence-corrected chi connectivity index (χ4v) is 4.87. The summed E-state index contributed by atoms with van der Waals surface area (Å²) < 4.78 is 105. The van der Waals surface area contributed by atoms with Crippen LogP contribution in [0.2, 0.25) is 5.02 Å². The fraction of sp³-hybridized carbons (Fsp3) is 0.174. The first kappa shape index (κ1) is 26.6. The molecule has 0 amide bonds. The number of hydrogen-bond acceptors (Lipinski definition) is 5. The molecule has 2 heterocycles. The van der Waals surface area contributed by atoms with E-state index < -0.39 is 65.8 Å². The van der Waals surface area contributed by atoms with E-state index in [2.05, 4.69) is 9.97 Å². The van der Waals surface area contributed by atoms with Gasteiger partial charge in [0.15, 0.2) is 15.7 Å². The molecular formula is C23H14ClF6N3O3S. The lowest BCUT2D eigenvalue weighted by molar-refractivity contribution is -0.138. The second-order valence-corrected chi connectivity index (χ2v) is 10.4. The zero-order chi connectivity index (χ0) is 27.3. The molecule has 0 aliphatic rings. The van der Waals surface area contributed by atoms with Gasteiger partial charge in [-0.05, 0) is 42.0 Å². The molecular weight excluding hydrogens is 548 g/mol. The molecule has 37 heavy (non-hydrogen) atoms. The van der Waals surface area contributed by atoms with Gasteiger partial charge in [0.25, 0.3) is 5.56 Å². The van der Waals surface area contributed by atoms with E-state index in [0.717, 1.165) is 48.9 Å². The van der Waals surface area contributed by atoms with E-state index in [0.29, 0.717) is 10.6 Å². The van der Waals surface area contributed by atoms with Gasteiger partial charge in [0.2, 0.25) is 0 Å². The van der Waals surface area contributed by atoms with E-state index >= 15 is 0 Å². The Morgan fingerprint density at radius 2 is 1.62 bits per heavy atom. The predicted octanol–water partition coefficient (Wildman–Crippen LogP) is 5.93. The van der Waals surface area contributed by atoms with Crippen LogP contribution in [0.1, 0.15) is 18.1 Å². The average molecular weight is 562 g/mol. The second-order valence-electron chi connectivity index (χ2n) is 7.79. The zero-order valence-electron chi connectivity index (χ0n) is 18.5. The molecule has 0 radical (unpaired) electrons. The summed E-state index contributed by atoms with van der Waals surface area (Å²) in [4.78, 5) is 20.6. The maximum Gasteiger partial charge on any atom is 0.417 e. The smallest absolute Gasteiger partial charge is 0.268 e. The minimum absolute atomic E-state index is 0.0508. The van der Waals surface area contributed by atoms with Crippen molar-refractivity contribution in [2.75, 3.05) is 5.75 Å². The first-order valence-corrected chi connectivity index (χ1v) is 12.4. The molecule has 6 nitrogen and oxygen atoms in total. The van der Waals surface area contributed by atoms with Crippen molar-refractivity contribution in [1.82, 2.24) is 14.5 Å². The number of aromatic nitrogens is 3. The molecule has 0 unspecified atom stereocenters. The van der Waals surface area contributed by atoms with Gasteiger partial charge < -0.3 is 0 Å². The van der Waals surface area contributed by atoms with Gasteiger partial charge in [-0.15, -0.1) is 0 Å². The van der Waals surface area contributed by atoms with Crippen molar-refractivity contribution >= 4 is 32.3 Å². The third-order valence-electron chi connectivity index (χ3n) is 5.47. The van der Waals surface area contributed by atoms with Crippen LogP contribution in [0.25, 0.3) is 27.8 Å². The van der Waals surface area contributed by atoms with Gasteiger partial charge >= 0.3 is 12.4 Å². The monoisotopic (exact) mass is 561 g/mol. The summed E-state index contributed by atoms with van der Waals surface area (Å²) in [6.07, 6.45) is -7.40.